The second kappa shape index (κ2) is 9.76. The van der Waals surface area contributed by atoms with E-state index in [0.29, 0.717) is 19.3 Å². The number of sulfone groups is 1. The van der Waals surface area contributed by atoms with Gasteiger partial charge in [0.25, 0.3) is 0 Å². The van der Waals surface area contributed by atoms with Crippen molar-refractivity contribution >= 4 is 15.8 Å². The van der Waals surface area contributed by atoms with E-state index in [-0.39, 0.29) is 17.3 Å². The molecule has 2 saturated heterocycles. The van der Waals surface area contributed by atoms with E-state index in [1.807, 2.05) is 0 Å². The molecular formula is C20H37N3O4S. The lowest BCUT2D eigenvalue weighted by Crippen LogP contribution is -2.47. The van der Waals surface area contributed by atoms with E-state index >= 15 is 0 Å². The van der Waals surface area contributed by atoms with Gasteiger partial charge in [-0.15, -0.1) is 0 Å². The van der Waals surface area contributed by atoms with E-state index < -0.39 is 9.84 Å². The third kappa shape index (κ3) is 6.88. The Kier molecular flexibility index (Phi) is 7.61. The van der Waals surface area contributed by atoms with Crippen molar-refractivity contribution in [1.29, 1.82) is 0 Å². The zero-order valence-electron chi connectivity index (χ0n) is 17.5. The lowest BCUT2D eigenvalue weighted by Gasteiger charge is -2.35. The Balaban J connectivity index is 1.46. The molecule has 0 aromatic rings. The van der Waals surface area contributed by atoms with E-state index in [9.17, 15) is 8.42 Å². The molecule has 0 aromatic heterocycles. The van der Waals surface area contributed by atoms with Gasteiger partial charge in [-0.1, -0.05) is 0 Å². The van der Waals surface area contributed by atoms with Gasteiger partial charge in [-0.05, 0) is 51.9 Å². The molecule has 1 unspecified atom stereocenters. The number of nitrogens with one attached hydrogen (secondary N) is 1. The van der Waals surface area contributed by atoms with Gasteiger partial charge in [-0.2, -0.15) is 0 Å². The van der Waals surface area contributed by atoms with Crippen LogP contribution in [0.1, 0.15) is 51.9 Å². The van der Waals surface area contributed by atoms with Crippen LogP contribution in [-0.4, -0.2) is 82.9 Å². The predicted octanol–water partition coefficient (Wildman–Crippen LogP) is 1.83. The molecule has 3 fully saturated rings. The fraction of sp³-hybridized carbons (Fsp3) is 0.950. The molecule has 0 aromatic carbocycles. The first-order valence-electron chi connectivity index (χ1n) is 10.8. The van der Waals surface area contributed by atoms with E-state index in [1.54, 1.807) is 0 Å². The molecule has 3 aliphatic rings. The Morgan fingerprint density at radius 1 is 1.25 bits per heavy atom. The molecule has 28 heavy (non-hydrogen) atoms. The molecular weight excluding hydrogens is 378 g/mol. The number of likely N-dealkylation sites (tertiary alicyclic amines) is 1. The summed E-state index contributed by atoms with van der Waals surface area (Å²) in [6.45, 7) is 6.90. The van der Waals surface area contributed by atoms with Gasteiger partial charge in [-0.3, -0.25) is 4.99 Å². The molecule has 0 spiro atoms. The smallest absolute Gasteiger partial charge is 0.193 e. The van der Waals surface area contributed by atoms with Crippen molar-refractivity contribution in [2.45, 2.75) is 64.1 Å². The van der Waals surface area contributed by atoms with Gasteiger partial charge in [-0.25, -0.2) is 8.42 Å². The van der Waals surface area contributed by atoms with Crippen LogP contribution in [0.3, 0.4) is 0 Å². The summed E-state index contributed by atoms with van der Waals surface area (Å²) < 4.78 is 35.2. The van der Waals surface area contributed by atoms with Crippen molar-refractivity contribution in [2.24, 2.45) is 10.4 Å². The quantitative estimate of drug-likeness (QED) is 0.481. The fourth-order valence-corrected chi connectivity index (χ4v) is 5.66. The predicted molar refractivity (Wildman–Crippen MR) is 111 cm³/mol. The Morgan fingerprint density at radius 2 is 2.00 bits per heavy atom. The van der Waals surface area contributed by atoms with E-state index in [2.05, 4.69) is 17.1 Å². The molecule has 3 rings (SSSR count). The molecule has 7 nitrogen and oxygen atoms in total. The monoisotopic (exact) mass is 415 g/mol. The molecule has 0 amide bonds. The van der Waals surface area contributed by atoms with Gasteiger partial charge in [0.05, 0.1) is 24.6 Å². The minimum Gasteiger partial charge on any atom is -0.376 e. The van der Waals surface area contributed by atoms with E-state index in [4.69, 9.17) is 14.5 Å². The van der Waals surface area contributed by atoms with Crippen LogP contribution in [0.2, 0.25) is 0 Å². The van der Waals surface area contributed by atoms with Gasteiger partial charge in [0.15, 0.2) is 5.96 Å². The number of aliphatic imine (C=N–C) groups is 1. The highest BCUT2D eigenvalue weighted by Gasteiger charge is 2.45. The second-order valence-electron chi connectivity index (χ2n) is 8.75. The summed E-state index contributed by atoms with van der Waals surface area (Å²) in [5.41, 5.74) is -0.129. The Hall–Kier alpha value is -0.860. The highest BCUT2D eigenvalue weighted by molar-refractivity contribution is 7.90. The van der Waals surface area contributed by atoms with Crippen LogP contribution in [0, 0.1) is 5.41 Å². The van der Waals surface area contributed by atoms with Crippen molar-refractivity contribution < 1.29 is 17.9 Å². The lowest BCUT2D eigenvalue weighted by atomic mass is 10.1. The maximum Gasteiger partial charge on any atom is 0.193 e. The summed E-state index contributed by atoms with van der Waals surface area (Å²) in [5, 5.41) is 3.38. The SMILES string of the molecule is CCNC(=NCC1(CS(C)(=O)=O)CC1)N1CCC(OCC2CCCCO2)CC1. The van der Waals surface area contributed by atoms with Crippen LogP contribution in [0.5, 0.6) is 0 Å². The van der Waals surface area contributed by atoms with Crippen LogP contribution in [0.4, 0.5) is 0 Å². The summed E-state index contributed by atoms with van der Waals surface area (Å²) in [5.74, 6) is 1.17. The normalized spacial score (nSPS) is 26.3. The lowest BCUT2D eigenvalue weighted by molar-refractivity contribution is -0.0721. The Morgan fingerprint density at radius 3 is 2.57 bits per heavy atom. The molecule has 2 aliphatic heterocycles. The molecule has 1 atom stereocenters. The third-order valence-electron chi connectivity index (χ3n) is 5.96. The van der Waals surface area contributed by atoms with Crippen LogP contribution in [0.15, 0.2) is 4.99 Å². The van der Waals surface area contributed by atoms with Crippen LogP contribution >= 0.6 is 0 Å². The zero-order chi connectivity index (χ0) is 20.0. The van der Waals surface area contributed by atoms with Gasteiger partial charge in [0.1, 0.15) is 9.84 Å². The minimum atomic E-state index is -2.96. The number of hydrogen-bond donors (Lipinski definition) is 1. The van der Waals surface area contributed by atoms with E-state index in [1.165, 1.54) is 19.1 Å². The molecule has 0 bridgehead atoms. The van der Waals surface area contributed by atoms with Crippen molar-refractivity contribution in [3.05, 3.63) is 0 Å². The van der Waals surface area contributed by atoms with E-state index in [0.717, 1.165) is 64.3 Å². The zero-order valence-corrected chi connectivity index (χ0v) is 18.3. The van der Waals surface area contributed by atoms with Crippen molar-refractivity contribution in [2.75, 3.05) is 51.4 Å². The molecule has 1 N–H and O–H groups in total. The summed E-state index contributed by atoms with van der Waals surface area (Å²) in [7, 11) is -2.96. The van der Waals surface area contributed by atoms with Crippen molar-refractivity contribution in [3.63, 3.8) is 0 Å². The first-order chi connectivity index (χ1) is 13.4. The van der Waals surface area contributed by atoms with Gasteiger partial charge in [0, 0.05) is 44.5 Å². The summed E-state index contributed by atoms with van der Waals surface area (Å²) in [6, 6.07) is 0. The van der Waals surface area contributed by atoms with Crippen LogP contribution in [-0.2, 0) is 19.3 Å². The number of guanidine groups is 1. The Bertz CT molecular complexity index is 619. The average Bonchev–Trinajstić information content (AvgIpc) is 3.42. The topological polar surface area (TPSA) is 80.2 Å². The second-order valence-corrected chi connectivity index (χ2v) is 10.9. The van der Waals surface area contributed by atoms with Gasteiger partial charge < -0.3 is 19.7 Å². The number of ether oxygens (including phenoxy) is 2. The number of hydrogen-bond acceptors (Lipinski definition) is 5. The van der Waals surface area contributed by atoms with Gasteiger partial charge >= 0.3 is 0 Å². The first kappa shape index (κ1) is 21.8. The summed E-state index contributed by atoms with van der Waals surface area (Å²) in [6.07, 6.45) is 9.33. The van der Waals surface area contributed by atoms with Crippen LogP contribution in [0.25, 0.3) is 0 Å². The maximum absolute atomic E-state index is 11.7. The van der Waals surface area contributed by atoms with Crippen molar-refractivity contribution in [3.8, 4) is 0 Å². The molecule has 162 valence electrons. The fourth-order valence-electron chi connectivity index (χ4n) is 4.17. The molecule has 1 aliphatic carbocycles. The van der Waals surface area contributed by atoms with Crippen LogP contribution < -0.4 is 5.32 Å². The number of nitrogens with zero attached hydrogens (tertiary/aromatic N) is 2. The largest absolute Gasteiger partial charge is 0.376 e. The Labute approximate surface area is 170 Å². The molecule has 8 heteroatoms. The van der Waals surface area contributed by atoms with Crippen molar-refractivity contribution in [1.82, 2.24) is 10.2 Å². The number of piperidine rings is 1. The molecule has 0 radical (unpaired) electrons. The maximum atomic E-state index is 11.7. The highest BCUT2D eigenvalue weighted by atomic mass is 32.2. The average molecular weight is 416 g/mol. The standard InChI is InChI=1S/C20H37N3O4S/c1-3-21-19(22-15-20(9-10-20)16-28(2,24)25)23-11-7-17(8-12-23)27-14-18-6-4-5-13-26-18/h17-18H,3-16H2,1-2H3,(H,21,22). The third-order valence-corrected chi connectivity index (χ3v) is 7.09. The number of rotatable bonds is 8. The first-order valence-corrected chi connectivity index (χ1v) is 12.9. The molecule has 2 heterocycles. The van der Waals surface area contributed by atoms with Gasteiger partial charge in [0.2, 0.25) is 0 Å². The summed E-state index contributed by atoms with van der Waals surface area (Å²) >= 11 is 0. The minimum absolute atomic E-state index is 0.129. The summed E-state index contributed by atoms with van der Waals surface area (Å²) in [4.78, 5) is 7.09. The molecule has 1 saturated carbocycles. The highest BCUT2D eigenvalue weighted by Crippen LogP contribution is 2.47.